The minimum Gasteiger partial charge on any atom is -0.504 e. The molecular formula is C13H18BrNO3. The third-order valence-electron chi connectivity index (χ3n) is 2.59. The van der Waals surface area contributed by atoms with Crippen LogP contribution in [0.5, 0.6) is 11.5 Å². The summed E-state index contributed by atoms with van der Waals surface area (Å²) < 4.78 is 4.93. The normalized spacial score (nSPS) is 11.9. The van der Waals surface area contributed by atoms with Crippen LogP contribution in [0.1, 0.15) is 30.1 Å². The highest BCUT2D eigenvalue weighted by Gasteiger charge is 2.11. The van der Waals surface area contributed by atoms with Gasteiger partial charge in [0, 0.05) is 16.9 Å². The lowest BCUT2D eigenvalue weighted by Crippen LogP contribution is -2.32. The van der Waals surface area contributed by atoms with Crippen molar-refractivity contribution in [1.82, 2.24) is 5.32 Å². The summed E-state index contributed by atoms with van der Waals surface area (Å²) in [4.78, 5) is 11.9. The number of benzene rings is 1. The number of alkyl halides is 1. The molecule has 0 bridgehead atoms. The molecule has 100 valence electrons. The molecule has 1 rings (SSSR count). The summed E-state index contributed by atoms with van der Waals surface area (Å²) >= 11 is 3.35. The molecule has 1 unspecified atom stereocenters. The van der Waals surface area contributed by atoms with Crippen molar-refractivity contribution in [2.45, 2.75) is 25.8 Å². The van der Waals surface area contributed by atoms with Gasteiger partial charge >= 0.3 is 0 Å². The molecule has 0 saturated carbocycles. The van der Waals surface area contributed by atoms with E-state index in [-0.39, 0.29) is 17.7 Å². The number of methoxy groups -OCH3 is 1. The molecule has 0 aliphatic carbocycles. The van der Waals surface area contributed by atoms with Crippen molar-refractivity contribution in [3.05, 3.63) is 23.8 Å². The van der Waals surface area contributed by atoms with Crippen molar-refractivity contribution in [1.29, 1.82) is 0 Å². The molecule has 0 aromatic heterocycles. The summed E-state index contributed by atoms with van der Waals surface area (Å²) in [5.41, 5.74) is 0.430. The van der Waals surface area contributed by atoms with Gasteiger partial charge < -0.3 is 15.2 Å². The van der Waals surface area contributed by atoms with Crippen LogP contribution in [0, 0.1) is 0 Å². The molecular weight excluding hydrogens is 298 g/mol. The SMILES string of the molecule is COc1ccc(C(=O)NC(C)CCCBr)cc1O. The first-order valence-electron chi connectivity index (χ1n) is 5.82. The second-order valence-electron chi connectivity index (χ2n) is 4.09. The van der Waals surface area contributed by atoms with Gasteiger partial charge in [0.15, 0.2) is 11.5 Å². The van der Waals surface area contributed by atoms with Gasteiger partial charge in [0.1, 0.15) is 0 Å². The Morgan fingerprint density at radius 2 is 2.28 bits per heavy atom. The molecule has 0 radical (unpaired) electrons. The molecule has 0 heterocycles. The van der Waals surface area contributed by atoms with Gasteiger partial charge in [-0.15, -0.1) is 0 Å². The first-order valence-corrected chi connectivity index (χ1v) is 6.94. The van der Waals surface area contributed by atoms with Gasteiger partial charge in [-0.1, -0.05) is 15.9 Å². The van der Waals surface area contributed by atoms with Crippen molar-refractivity contribution in [3.8, 4) is 11.5 Å². The molecule has 2 N–H and O–H groups in total. The number of hydrogen-bond donors (Lipinski definition) is 2. The summed E-state index contributed by atoms with van der Waals surface area (Å²) in [6, 6.07) is 4.73. The zero-order valence-corrected chi connectivity index (χ0v) is 12.2. The van der Waals surface area contributed by atoms with E-state index >= 15 is 0 Å². The number of halogens is 1. The fourth-order valence-electron chi connectivity index (χ4n) is 1.59. The largest absolute Gasteiger partial charge is 0.504 e. The first-order chi connectivity index (χ1) is 8.58. The average molecular weight is 316 g/mol. The third-order valence-corrected chi connectivity index (χ3v) is 3.15. The lowest BCUT2D eigenvalue weighted by Gasteiger charge is -2.13. The van der Waals surface area contributed by atoms with Crippen molar-refractivity contribution in [3.63, 3.8) is 0 Å². The van der Waals surface area contributed by atoms with E-state index in [0.29, 0.717) is 11.3 Å². The van der Waals surface area contributed by atoms with Crippen LogP contribution in [-0.4, -0.2) is 29.5 Å². The smallest absolute Gasteiger partial charge is 0.251 e. The van der Waals surface area contributed by atoms with Crippen LogP contribution >= 0.6 is 15.9 Å². The maximum Gasteiger partial charge on any atom is 0.251 e. The molecule has 5 heteroatoms. The number of ether oxygens (including phenoxy) is 1. The number of hydrogen-bond acceptors (Lipinski definition) is 3. The minimum absolute atomic E-state index is 0.0294. The monoisotopic (exact) mass is 315 g/mol. The predicted octanol–water partition coefficient (Wildman–Crippen LogP) is 2.69. The minimum atomic E-state index is -0.185. The number of aromatic hydroxyl groups is 1. The molecule has 1 aromatic rings. The summed E-state index contributed by atoms with van der Waals surface area (Å²) in [7, 11) is 1.47. The second kappa shape index (κ2) is 7.26. The molecule has 0 aliphatic heterocycles. The fourth-order valence-corrected chi connectivity index (χ4v) is 1.92. The lowest BCUT2D eigenvalue weighted by atomic mass is 10.1. The van der Waals surface area contributed by atoms with Crippen LogP contribution in [0.25, 0.3) is 0 Å². The Labute approximate surface area is 115 Å². The Morgan fingerprint density at radius 1 is 1.56 bits per heavy atom. The highest BCUT2D eigenvalue weighted by Crippen LogP contribution is 2.26. The van der Waals surface area contributed by atoms with E-state index in [2.05, 4.69) is 21.2 Å². The van der Waals surface area contributed by atoms with Gasteiger partial charge in [0.25, 0.3) is 5.91 Å². The van der Waals surface area contributed by atoms with E-state index in [1.54, 1.807) is 12.1 Å². The highest BCUT2D eigenvalue weighted by atomic mass is 79.9. The highest BCUT2D eigenvalue weighted by molar-refractivity contribution is 9.09. The average Bonchev–Trinajstić information content (AvgIpc) is 2.36. The van der Waals surface area contributed by atoms with E-state index in [1.165, 1.54) is 13.2 Å². The number of rotatable bonds is 6. The zero-order valence-electron chi connectivity index (χ0n) is 10.6. The Balaban J connectivity index is 2.64. The number of carbonyl (C=O) groups excluding carboxylic acids is 1. The lowest BCUT2D eigenvalue weighted by molar-refractivity contribution is 0.0938. The van der Waals surface area contributed by atoms with E-state index in [0.717, 1.165) is 18.2 Å². The van der Waals surface area contributed by atoms with Crippen LogP contribution < -0.4 is 10.1 Å². The van der Waals surface area contributed by atoms with E-state index in [9.17, 15) is 9.90 Å². The number of phenolic OH excluding ortho intramolecular Hbond substituents is 1. The molecule has 0 fully saturated rings. The first kappa shape index (κ1) is 14.8. The number of phenols is 1. The number of nitrogens with one attached hydrogen (secondary N) is 1. The van der Waals surface area contributed by atoms with Crippen LogP contribution in [0.2, 0.25) is 0 Å². The van der Waals surface area contributed by atoms with Gasteiger partial charge in [0.2, 0.25) is 0 Å². The number of carbonyl (C=O) groups is 1. The Morgan fingerprint density at radius 3 is 2.83 bits per heavy atom. The second-order valence-corrected chi connectivity index (χ2v) is 4.89. The molecule has 0 aliphatic rings. The summed E-state index contributed by atoms with van der Waals surface area (Å²) in [6.45, 7) is 1.96. The Kier molecular flexibility index (Phi) is 5.98. The zero-order chi connectivity index (χ0) is 13.5. The van der Waals surface area contributed by atoms with Crippen molar-refractivity contribution in [2.24, 2.45) is 0 Å². The van der Waals surface area contributed by atoms with E-state index in [4.69, 9.17) is 4.74 Å². The van der Waals surface area contributed by atoms with Gasteiger partial charge in [-0.05, 0) is 38.0 Å². The molecule has 0 saturated heterocycles. The van der Waals surface area contributed by atoms with Crippen molar-refractivity contribution >= 4 is 21.8 Å². The van der Waals surface area contributed by atoms with Gasteiger partial charge in [0.05, 0.1) is 7.11 Å². The van der Waals surface area contributed by atoms with Gasteiger partial charge in [-0.2, -0.15) is 0 Å². The maximum atomic E-state index is 11.9. The van der Waals surface area contributed by atoms with Crippen molar-refractivity contribution in [2.75, 3.05) is 12.4 Å². The molecule has 1 atom stereocenters. The molecule has 1 amide bonds. The van der Waals surface area contributed by atoms with Crippen LogP contribution in [-0.2, 0) is 0 Å². The predicted molar refractivity (Wildman–Crippen MR) is 74.6 cm³/mol. The number of amides is 1. The van der Waals surface area contributed by atoms with Gasteiger partial charge in [-0.25, -0.2) is 0 Å². The van der Waals surface area contributed by atoms with Gasteiger partial charge in [-0.3, -0.25) is 4.79 Å². The van der Waals surface area contributed by atoms with Crippen LogP contribution in [0.3, 0.4) is 0 Å². The van der Waals surface area contributed by atoms with Crippen molar-refractivity contribution < 1.29 is 14.6 Å². The third kappa shape index (κ3) is 4.22. The van der Waals surface area contributed by atoms with Crippen LogP contribution in [0.15, 0.2) is 18.2 Å². The molecule has 18 heavy (non-hydrogen) atoms. The topological polar surface area (TPSA) is 58.6 Å². The Bertz CT molecular complexity index is 409. The summed E-state index contributed by atoms with van der Waals surface area (Å²) in [6.07, 6.45) is 1.93. The fraction of sp³-hybridized carbons (Fsp3) is 0.462. The summed E-state index contributed by atoms with van der Waals surface area (Å²) in [5.74, 6) is 0.146. The van der Waals surface area contributed by atoms with Crippen LogP contribution in [0.4, 0.5) is 0 Å². The molecule has 0 spiro atoms. The standard InChI is InChI=1S/C13H18BrNO3/c1-9(4-3-7-14)15-13(17)10-5-6-12(18-2)11(16)8-10/h5-6,8-9,16H,3-4,7H2,1-2H3,(H,15,17). The van der Waals surface area contributed by atoms with E-state index < -0.39 is 0 Å². The summed E-state index contributed by atoms with van der Waals surface area (Å²) in [5, 5.41) is 13.4. The Hall–Kier alpha value is -1.23. The van der Waals surface area contributed by atoms with E-state index in [1.807, 2.05) is 6.92 Å². The molecule has 4 nitrogen and oxygen atoms in total. The molecule has 1 aromatic carbocycles. The maximum absolute atomic E-state index is 11.9. The quantitative estimate of drug-likeness (QED) is 0.793.